The number of hydrogen-bond donors (Lipinski definition) is 2. The number of carbonyl (C=O) groups excluding carboxylic acids is 1. The summed E-state index contributed by atoms with van der Waals surface area (Å²) in [7, 11) is 0. The molecule has 1 aliphatic heterocycles. The van der Waals surface area contributed by atoms with Crippen LogP contribution in [0.2, 0.25) is 0 Å². The molecule has 2 aliphatic carbocycles. The molecule has 1 spiro atoms. The van der Waals surface area contributed by atoms with E-state index >= 15 is 0 Å². The number of fused-ring (bicyclic) bond motifs is 1. The zero-order valence-corrected chi connectivity index (χ0v) is 16.0. The SMILES string of the molecule is CCn1ccnc1CN(C(=O)c1n[nH]c2c1CCC2)[C@H]1CC12CCNCC2. The molecule has 2 aromatic heterocycles. The Hall–Kier alpha value is -2.15. The van der Waals surface area contributed by atoms with E-state index in [-0.39, 0.29) is 5.91 Å². The van der Waals surface area contributed by atoms with E-state index in [0.717, 1.165) is 75.2 Å². The van der Waals surface area contributed by atoms with Crippen molar-refractivity contribution in [2.24, 2.45) is 5.41 Å². The van der Waals surface area contributed by atoms with Gasteiger partial charge in [-0.1, -0.05) is 0 Å². The maximum Gasteiger partial charge on any atom is 0.275 e. The molecule has 2 fully saturated rings. The van der Waals surface area contributed by atoms with Crippen molar-refractivity contribution in [3.8, 4) is 0 Å². The highest BCUT2D eigenvalue weighted by Gasteiger charge is 2.58. The Morgan fingerprint density at radius 1 is 1.37 bits per heavy atom. The molecule has 2 aromatic rings. The highest BCUT2D eigenvalue weighted by Crippen LogP contribution is 2.56. The highest BCUT2D eigenvalue weighted by molar-refractivity contribution is 5.94. The summed E-state index contributed by atoms with van der Waals surface area (Å²) in [6, 6.07) is 0.308. The van der Waals surface area contributed by atoms with Crippen molar-refractivity contribution in [1.82, 2.24) is 30.0 Å². The molecule has 7 nitrogen and oxygen atoms in total. The number of piperidine rings is 1. The number of nitrogens with one attached hydrogen (secondary N) is 2. The fourth-order valence-corrected chi connectivity index (χ4v) is 5.12. The van der Waals surface area contributed by atoms with E-state index in [2.05, 4.69) is 36.9 Å². The van der Waals surface area contributed by atoms with Crippen LogP contribution < -0.4 is 5.32 Å². The zero-order chi connectivity index (χ0) is 18.4. The molecule has 1 saturated heterocycles. The van der Waals surface area contributed by atoms with E-state index in [4.69, 9.17) is 0 Å². The Morgan fingerprint density at radius 2 is 2.22 bits per heavy atom. The lowest BCUT2D eigenvalue weighted by molar-refractivity contribution is 0.0677. The molecule has 1 saturated carbocycles. The van der Waals surface area contributed by atoms with Gasteiger partial charge in [-0.3, -0.25) is 9.89 Å². The van der Waals surface area contributed by atoms with Gasteiger partial charge in [0.2, 0.25) is 0 Å². The van der Waals surface area contributed by atoms with Crippen molar-refractivity contribution in [1.29, 1.82) is 0 Å². The number of nitrogens with zero attached hydrogens (tertiary/aromatic N) is 4. The van der Waals surface area contributed by atoms with Crippen LogP contribution in [0.5, 0.6) is 0 Å². The van der Waals surface area contributed by atoms with Gasteiger partial charge < -0.3 is 14.8 Å². The van der Waals surface area contributed by atoms with Gasteiger partial charge in [-0.15, -0.1) is 0 Å². The number of hydrogen-bond acceptors (Lipinski definition) is 4. The molecule has 2 N–H and O–H groups in total. The number of aromatic nitrogens is 4. The average molecular weight is 368 g/mol. The van der Waals surface area contributed by atoms with Crippen molar-refractivity contribution in [2.45, 2.75) is 64.6 Å². The molecule has 7 heteroatoms. The molecule has 1 amide bonds. The highest BCUT2D eigenvalue weighted by atomic mass is 16.2. The molecule has 5 rings (SSSR count). The molecule has 3 heterocycles. The van der Waals surface area contributed by atoms with E-state index < -0.39 is 0 Å². The molecule has 27 heavy (non-hydrogen) atoms. The molecule has 0 aromatic carbocycles. The molecule has 0 radical (unpaired) electrons. The first kappa shape index (κ1) is 17.0. The van der Waals surface area contributed by atoms with Crippen LogP contribution in [0.1, 0.15) is 60.2 Å². The van der Waals surface area contributed by atoms with Crippen LogP contribution in [0.4, 0.5) is 0 Å². The monoisotopic (exact) mass is 368 g/mol. The van der Waals surface area contributed by atoms with Gasteiger partial charge in [0.1, 0.15) is 5.82 Å². The van der Waals surface area contributed by atoms with E-state index in [1.54, 1.807) is 0 Å². The quantitative estimate of drug-likeness (QED) is 0.845. The van der Waals surface area contributed by atoms with Gasteiger partial charge in [-0.2, -0.15) is 5.10 Å². The molecule has 144 valence electrons. The summed E-state index contributed by atoms with van der Waals surface area (Å²) in [6.07, 6.45) is 10.3. The predicted octanol–water partition coefficient (Wildman–Crippen LogP) is 1.90. The van der Waals surface area contributed by atoms with Gasteiger partial charge in [0, 0.05) is 36.2 Å². The normalized spacial score (nSPS) is 22.8. The van der Waals surface area contributed by atoms with Gasteiger partial charge in [0.25, 0.3) is 5.91 Å². The molecule has 3 aliphatic rings. The summed E-state index contributed by atoms with van der Waals surface area (Å²) in [4.78, 5) is 20.2. The summed E-state index contributed by atoms with van der Waals surface area (Å²) in [5.74, 6) is 1.05. The number of carbonyl (C=O) groups is 1. The van der Waals surface area contributed by atoms with Crippen molar-refractivity contribution in [3.05, 3.63) is 35.2 Å². The summed E-state index contributed by atoms with van der Waals surface area (Å²) in [6.45, 7) is 5.67. The second-order valence-corrected chi connectivity index (χ2v) is 8.28. The number of aryl methyl sites for hydroxylation is 2. The van der Waals surface area contributed by atoms with Gasteiger partial charge in [0.05, 0.1) is 6.54 Å². The fraction of sp³-hybridized carbons (Fsp3) is 0.650. The van der Waals surface area contributed by atoms with Gasteiger partial charge >= 0.3 is 0 Å². The Bertz CT molecular complexity index is 847. The zero-order valence-electron chi connectivity index (χ0n) is 16.0. The predicted molar refractivity (Wildman–Crippen MR) is 101 cm³/mol. The Kier molecular flexibility index (Phi) is 4.07. The van der Waals surface area contributed by atoms with Crippen LogP contribution in [0.3, 0.4) is 0 Å². The average Bonchev–Trinajstić information content (AvgIpc) is 3.13. The lowest BCUT2D eigenvalue weighted by Gasteiger charge is -2.29. The van der Waals surface area contributed by atoms with Gasteiger partial charge in [-0.25, -0.2) is 4.98 Å². The third-order valence-corrected chi connectivity index (χ3v) is 6.85. The van der Waals surface area contributed by atoms with Crippen LogP contribution in [0.15, 0.2) is 12.4 Å². The molecule has 0 unspecified atom stereocenters. The number of rotatable bonds is 5. The van der Waals surface area contributed by atoms with Crippen LogP contribution in [0.25, 0.3) is 0 Å². The second kappa shape index (κ2) is 6.48. The third kappa shape index (κ3) is 2.79. The summed E-state index contributed by atoms with van der Waals surface area (Å²) < 4.78 is 2.13. The van der Waals surface area contributed by atoms with Crippen LogP contribution in [-0.2, 0) is 25.9 Å². The molecular weight excluding hydrogens is 340 g/mol. The van der Waals surface area contributed by atoms with Crippen molar-refractivity contribution >= 4 is 5.91 Å². The largest absolute Gasteiger partial charge is 0.334 e. The number of amides is 1. The number of H-pyrrole nitrogens is 1. The summed E-state index contributed by atoms with van der Waals surface area (Å²) >= 11 is 0. The minimum Gasteiger partial charge on any atom is -0.334 e. The van der Waals surface area contributed by atoms with E-state index in [9.17, 15) is 4.79 Å². The summed E-state index contributed by atoms with van der Waals surface area (Å²) in [5.41, 5.74) is 3.24. The van der Waals surface area contributed by atoms with Crippen LogP contribution >= 0.6 is 0 Å². The van der Waals surface area contributed by atoms with Crippen molar-refractivity contribution < 1.29 is 4.79 Å². The smallest absolute Gasteiger partial charge is 0.275 e. The molecule has 1 atom stereocenters. The van der Waals surface area contributed by atoms with E-state index in [1.165, 1.54) is 0 Å². The summed E-state index contributed by atoms with van der Waals surface area (Å²) in [5, 5.41) is 11.0. The topological polar surface area (TPSA) is 78.8 Å². The first-order chi connectivity index (χ1) is 13.2. The lowest BCUT2D eigenvalue weighted by Crippen LogP contribution is -2.40. The van der Waals surface area contributed by atoms with E-state index in [1.807, 2.05) is 12.4 Å². The van der Waals surface area contributed by atoms with Crippen LogP contribution in [-0.4, -0.2) is 49.7 Å². The van der Waals surface area contributed by atoms with Crippen molar-refractivity contribution in [2.75, 3.05) is 13.1 Å². The Morgan fingerprint density at radius 3 is 3.04 bits per heavy atom. The van der Waals surface area contributed by atoms with Gasteiger partial charge in [0.15, 0.2) is 5.69 Å². The Balaban J connectivity index is 1.45. The van der Waals surface area contributed by atoms with Crippen molar-refractivity contribution in [3.63, 3.8) is 0 Å². The number of aromatic amines is 1. The fourth-order valence-electron chi connectivity index (χ4n) is 5.12. The minimum atomic E-state index is 0.0838. The van der Waals surface area contributed by atoms with Gasteiger partial charge in [-0.05, 0) is 64.0 Å². The maximum absolute atomic E-state index is 13.6. The second-order valence-electron chi connectivity index (χ2n) is 8.28. The third-order valence-electron chi connectivity index (χ3n) is 6.85. The first-order valence-electron chi connectivity index (χ1n) is 10.3. The molecule has 0 bridgehead atoms. The van der Waals surface area contributed by atoms with E-state index in [0.29, 0.717) is 23.7 Å². The Labute approximate surface area is 159 Å². The van der Waals surface area contributed by atoms with Crippen LogP contribution in [0, 0.1) is 5.41 Å². The standard InChI is InChI=1S/C20H28N6O/c1-2-25-11-10-22-17(25)13-26(16-12-20(16)6-8-21-9-7-20)19(27)18-14-4-3-5-15(14)23-24-18/h10-11,16,21H,2-9,12-13H2,1H3,(H,23,24)/t16-/m0/s1. The lowest BCUT2D eigenvalue weighted by atomic mass is 9.93. The number of imidazole rings is 1. The maximum atomic E-state index is 13.6. The minimum absolute atomic E-state index is 0.0838. The molecular formula is C20H28N6O. The first-order valence-corrected chi connectivity index (χ1v) is 10.3.